The van der Waals surface area contributed by atoms with Crippen LogP contribution in [0.4, 0.5) is 4.39 Å². The molecule has 0 spiro atoms. The zero-order valence-corrected chi connectivity index (χ0v) is 12.0. The van der Waals surface area contributed by atoms with Crippen LogP contribution < -0.4 is 5.32 Å². The fourth-order valence-corrected chi connectivity index (χ4v) is 3.42. The summed E-state index contributed by atoms with van der Waals surface area (Å²) in [6.45, 7) is 0. The van der Waals surface area contributed by atoms with Gasteiger partial charge in [-0.15, -0.1) is 0 Å². The summed E-state index contributed by atoms with van der Waals surface area (Å²) in [5.41, 5.74) is 1.10. The lowest BCUT2D eigenvalue weighted by atomic mass is 9.78. The molecule has 4 rings (SSSR count). The number of aromatic nitrogens is 2. The monoisotopic (exact) mass is 287 g/mol. The first-order valence-corrected chi connectivity index (χ1v) is 7.54. The normalized spacial score (nSPS) is 20.3. The molecule has 0 radical (unpaired) electrons. The molecule has 1 heterocycles. The van der Waals surface area contributed by atoms with E-state index in [1.807, 2.05) is 0 Å². The average molecular weight is 287 g/mol. The van der Waals surface area contributed by atoms with E-state index in [9.17, 15) is 9.18 Å². The van der Waals surface area contributed by atoms with Gasteiger partial charge in [0, 0.05) is 18.0 Å². The molecule has 21 heavy (non-hydrogen) atoms. The van der Waals surface area contributed by atoms with Crippen molar-refractivity contribution in [3.05, 3.63) is 29.7 Å². The number of halogens is 1. The SMILES string of the molecule is Cn1nc(C(=O)NC2(C3CCC3)CC2)c2cc(F)ccc21. The Morgan fingerprint density at radius 1 is 1.43 bits per heavy atom. The van der Waals surface area contributed by atoms with Crippen LogP contribution in [0.3, 0.4) is 0 Å². The summed E-state index contributed by atoms with van der Waals surface area (Å²) in [4.78, 5) is 12.6. The van der Waals surface area contributed by atoms with Gasteiger partial charge in [0.2, 0.25) is 0 Å². The Hall–Kier alpha value is -1.91. The zero-order valence-electron chi connectivity index (χ0n) is 12.0. The molecule has 0 atom stereocenters. The lowest BCUT2D eigenvalue weighted by Gasteiger charge is -2.34. The smallest absolute Gasteiger partial charge is 0.272 e. The van der Waals surface area contributed by atoms with Gasteiger partial charge >= 0.3 is 0 Å². The minimum absolute atomic E-state index is 0.00744. The van der Waals surface area contributed by atoms with Crippen molar-refractivity contribution in [1.82, 2.24) is 15.1 Å². The molecule has 4 nitrogen and oxygen atoms in total. The van der Waals surface area contributed by atoms with Crippen molar-refractivity contribution in [2.75, 3.05) is 0 Å². The fraction of sp³-hybridized carbons (Fsp3) is 0.500. The Morgan fingerprint density at radius 2 is 2.19 bits per heavy atom. The molecule has 0 unspecified atom stereocenters. The van der Waals surface area contributed by atoms with Gasteiger partial charge < -0.3 is 5.32 Å². The largest absolute Gasteiger partial charge is 0.345 e. The molecule has 0 saturated heterocycles. The fourth-order valence-electron chi connectivity index (χ4n) is 3.42. The van der Waals surface area contributed by atoms with E-state index in [4.69, 9.17) is 0 Å². The third-order valence-corrected chi connectivity index (χ3v) is 5.07. The Labute approximate surface area is 122 Å². The standard InChI is InChI=1S/C16H18FN3O/c1-20-13-6-5-11(17)9-12(13)14(19-20)15(21)18-16(7-8-16)10-3-2-4-10/h5-6,9-10H,2-4,7-8H2,1H3,(H,18,21). The number of carbonyl (C=O) groups is 1. The minimum Gasteiger partial charge on any atom is -0.345 e. The third kappa shape index (κ3) is 1.94. The molecule has 0 aliphatic heterocycles. The van der Waals surface area contributed by atoms with Crippen LogP contribution in [-0.2, 0) is 7.05 Å². The number of aryl methyl sites for hydroxylation is 1. The van der Waals surface area contributed by atoms with Crippen LogP contribution in [0.15, 0.2) is 18.2 Å². The van der Waals surface area contributed by atoms with E-state index in [0.717, 1.165) is 18.4 Å². The molecule has 1 amide bonds. The summed E-state index contributed by atoms with van der Waals surface area (Å²) in [6.07, 6.45) is 5.79. The quantitative estimate of drug-likeness (QED) is 0.943. The molecule has 2 aromatic rings. The number of hydrogen-bond acceptors (Lipinski definition) is 2. The van der Waals surface area contributed by atoms with E-state index in [1.54, 1.807) is 17.8 Å². The second kappa shape index (κ2) is 4.29. The molecule has 1 N–H and O–H groups in total. The van der Waals surface area contributed by atoms with Gasteiger partial charge in [0.25, 0.3) is 5.91 Å². The van der Waals surface area contributed by atoms with Crippen molar-refractivity contribution in [3.63, 3.8) is 0 Å². The molecular weight excluding hydrogens is 269 g/mol. The third-order valence-electron chi connectivity index (χ3n) is 5.07. The Balaban J connectivity index is 1.66. The molecule has 5 heteroatoms. The number of fused-ring (bicyclic) bond motifs is 1. The van der Waals surface area contributed by atoms with Gasteiger partial charge in [-0.25, -0.2) is 4.39 Å². The highest BCUT2D eigenvalue weighted by Crippen LogP contribution is 2.50. The van der Waals surface area contributed by atoms with Gasteiger partial charge in [-0.2, -0.15) is 5.10 Å². The van der Waals surface area contributed by atoms with Gasteiger partial charge in [0.1, 0.15) is 5.82 Å². The van der Waals surface area contributed by atoms with Crippen LogP contribution in [0.1, 0.15) is 42.6 Å². The number of nitrogens with one attached hydrogen (secondary N) is 1. The van der Waals surface area contributed by atoms with Crippen molar-refractivity contribution >= 4 is 16.8 Å². The van der Waals surface area contributed by atoms with Gasteiger partial charge in [-0.3, -0.25) is 9.48 Å². The second-order valence-corrected chi connectivity index (χ2v) is 6.37. The summed E-state index contributed by atoms with van der Waals surface area (Å²) in [5, 5.41) is 8.04. The summed E-state index contributed by atoms with van der Waals surface area (Å²) in [5.74, 6) is 0.105. The highest BCUT2D eigenvalue weighted by molar-refractivity contribution is 6.05. The molecule has 2 fully saturated rings. The van der Waals surface area contributed by atoms with Gasteiger partial charge in [0.15, 0.2) is 5.69 Å². The zero-order chi connectivity index (χ0) is 14.6. The van der Waals surface area contributed by atoms with E-state index >= 15 is 0 Å². The minimum atomic E-state index is -0.343. The molecule has 110 valence electrons. The number of hydrogen-bond donors (Lipinski definition) is 1. The molecule has 1 aromatic heterocycles. The maximum Gasteiger partial charge on any atom is 0.272 e. The number of amides is 1. The van der Waals surface area contributed by atoms with Crippen LogP contribution in [0.2, 0.25) is 0 Å². The Kier molecular flexibility index (Phi) is 2.62. The maximum atomic E-state index is 13.5. The van der Waals surface area contributed by atoms with Crippen LogP contribution in [-0.4, -0.2) is 21.2 Å². The lowest BCUT2D eigenvalue weighted by Crippen LogP contribution is -2.45. The van der Waals surface area contributed by atoms with Crippen molar-refractivity contribution in [2.45, 2.75) is 37.6 Å². The van der Waals surface area contributed by atoms with Crippen molar-refractivity contribution in [1.29, 1.82) is 0 Å². The molecule has 2 aliphatic carbocycles. The maximum absolute atomic E-state index is 13.5. The first-order chi connectivity index (χ1) is 10.1. The number of carbonyl (C=O) groups excluding carboxylic acids is 1. The Morgan fingerprint density at radius 3 is 2.81 bits per heavy atom. The van der Waals surface area contributed by atoms with E-state index in [-0.39, 0.29) is 17.3 Å². The summed E-state index contributed by atoms with van der Waals surface area (Å²) in [6, 6.07) is 4.44. The van der Waals surface area contributed by atoms with E-state index in [0.29, 0.717) is 17.0 Å². The number of benzene rings is 1. The van der Waals surface area contributed by atoms with Crippen LogP contribution >= 0.6 is 0 Å². The van der Waals surface area contributed by atoms with E-state index in [1.165, 1.54) is 31.4 Å². The number of nitrogens with zero attached hydrogens (tertiary/aromatic N) is 2. The van der Waals surface area contributed by atoms with Gasteiger partial charge in [-0.1, -0.05) is 6.42 Å². The van der Waals surface area contributed by atoms with Crippen molar-refractivity contribution < 1.29 is 9.18 Å². The van der Waals surface area contributed by atoms with Crippen LogP contribution in [0.25, 0.3) is 10.9 Å². The first-order valence-electron chi connectivity index (χ1n) is 7.54. The molecular formula is C16H18FN3O. The molecule has 1 aromatic carbocycles. The van der Waals surface area contributed by atoms with Crippen molar-refractivity contribution in [3.8, 4) is 0 Å². The predicted molar refractivity (Wildman–Crippen MR) is 77.4 cm³/mol. The predicted octanol–water partition coefficient (Wildman–Crippen LogP) is 2.77. The second-order valence-electron chi connectivity index (χ2n) is 6.37. The summed E-state index contributed by atoms with van der Waals surface area (Å²) in [7, 11) is 1.77. The van der Waals surface area contributed by atoms with Gasteiger partial charge in [0.05, 0.1) is 5.52 Å². The highest BCUT2D eigenvalue weighted by Gasteiger charge is 2.52. The van der Waals surface area contributed by atoms with Crippen molar-refractivity contribution in [2.24, 2.45) is 13.0 Å². The Bertz CT molecular complexity index is 728. The first kappa shape index (κ1) is 12.8. The van der Waals surface area contributed by atoms with Crippen LogP contribution in [0.5, 0.6) is 0 Å². The van der Waals surface area contributed by atoms with Gasteiger partial charge in [-0.05, 0) is 49.8 Å². The summed E-state index contributed by atoms with van der Waals surface area (Å²) < 4.78 is 15.1. The highest BCUT2D eigenvalue weighted by atomic mass is 19.1. The summed E-state index contributed by atoms with van der Waals surface area (Å²) >= 11 is 0. The molecule has 0 bridgehead atoms. The van der Waals surface area contributed by atoms with Crippen LogP contribution in [0, 0.1) is 11.7 Å². The topological polar surface area (TPSA) is 46.9 Å². The average Bonchev–Trinajstić information content (AvgIpc) is 3.05. The van der Waals surface area contributed by atoms with E-state index < -0.39 is 0 Å². The molecule has 2 saturated carbocycles. The number of rotatable bonds is 3. The lowest BCUT2D eigenvalue weighted by molar-refractivity contribution is 0.0882. The van der Waals surface area contributed by atoms with E-state index in [2.05, 4.69) is 10.4 Å². The molecule has 2 aliphatic rings.